The van der Waals surface area contributed by atoms with E-state index in [9.17, 15) is 4.79 Å². The molecule has 0 N–H and O–H groups in total. The summed E-state index contributed by atoms with van der Waals surface area (Å²) in [5.41, 5.74) is 4.51. The topological polar surface area (TPSA) is 84.2 Å². The van der Waals surface area contributed by atoms with Crippen LogP contribution in [0.5, 0.6) is 17.2 Å². The Bertz CT molecular complexity index is 1500. The fourth-order valence-corrected chi connectivity index (χ4v) is 4.79. The molecule has 3 aromatic carbocycles. The Labute approximate surface area is 227 Å². The smallest absolute Gasteiger partial charge is 0.212 e. The molecule has 0 bridgehead atoms. The van der Waals surface area contributed by atoms with Crippen LogP contribution in [0.3, 0.4) is 0 Å². The van der Waals surface area contributed by atoms with Crippen molar-refractivity contribution in [3.05, 3.63) is 94.8 Å². The highest BCUT2D eigenvalue weighted by atomic mass is 16.6. The van der Waals surface area contributed by atoms with Crippen LogP contribution in [0.4, 0.5) is 0 Å². The number of imidazole rings is 1. The second-order valence-electron chi connectivity index (χ2n) is 9.13. The van der Waals surface area contributed by atoms with E-state index in [0.717, 1.165) is 24.0 Å². The number of carbonyl (C=O) groups excluding carboxylic acids is 1. The second-order valence-corrected chi connectivity index (χ2v) is 9.13. The summed E-state index contributed by atoms with van der Waals surface area (Å²) in [7, 11) is 4.71. The predicted octanol–water partition coefficient (Wildman–Crippen LogP) is 5.89. The van der Waals surface area contributed by atoms with Gasteiger partial charge in [-0.15, -0.1) is 0 Å². The standard InChI is InChI=1S/C31H31N3O5/c1-5-6-16-34-28-27(32-31(34)21-17-24(36-2)30(38-4)25(18-21)37-3)26(22-14-10-11-15-23(22)29(28)35)33-39-19-20-12-8-7-9-13-20/h7-15,17-18H,5-6,16,19H2,1-4H3. The van der Waals surface area contributed by atoms with E-state index in [0.29, 0.717) is 64.5 Å². The molecule has 0 atom stereocenters. The number of nitrogens with zero attached hydrogens (tertiary/aromatic N) is 3. The largest absolute Gasteiger partial charge is 0.493 e. The third-order valence-electron chi connectivity index (χ3n) is 6.72. The van der Waals surface area contributed by atoms with E-state index in [1.807, 2.05) is 71.3 Å². The van der Waals surface area contributed by atoms with E-state index in [1.54, 1.807) is 21.3 Å². The highest BCUT2D eigenvalue weighted by Crippen LogP contribution is 2.42. The Morgan fingerprint density at radius 2 is 1.54 bits per heavy atom. The second kappa shape index (κ2) is 11.4. The molecule has 0 spiro atoms. The number of carbonyl (C=O) groups is 1. The number of aromatic nitrogens is 2. The number of rotatable bonds is 10. The molecule has 1 aromatic heterocycles. The zero-order chi connectivity index (χ0) is 27.4. The van der Waals surface area contributed by atoms with E-state index in [-0.39, 0.29) is 5.78 Å². The molecule has 1 heterocycles. The molecule has 0 aliphatic heterocycles. The van der Waals surface area contributed by atoms with Gasteiger partial charge in [0.25, 0.3) is 0 Å². The lowest BCUT2D eigenvalue weighted by Crippen LogP contribution is -2.24. The zero-order valence-corrected chi connectivity index (χ0v) is 22.6. The minimum absolute atomic E-state index is 0.0927. The molecule has 0 unspecified atom stereocenters. The van der Waals surface area contributed by atoms with Crippen LogP contribution in [0.25, 0.3) is 11.4 Å². The van der Waals surface area contributed by atoms with Gasteiger partial charge in [0.2, 0.25) is 11.5 Å². The van der Waals surface area contributed by atoms with Crippen molar-refractivity contribution in [2.75, 3.05) is 21.3 Å². The first kappa shape index (κ1) is 26.0. The van der Waals surface area contributed by atoms with E-state index >= 15 is 0 Å². The van der Waals surface area contributed by atoms with Crippen molar-refractivity contribution in [2.24, 2.45) is 5.16 Å². The molecule has 0 amide bonds. The molecule has 0 saturated carbocycles. The Morgan fingerprint density at radius 1 is 0.872 bits per heavy atom. The molecular formula is C31H31N3O5. The highest BCUT2D eigenvalue weighted by Gasteiger charge is 2.35. The van der Waals surface area contributed by atoms with Gasteiger partial charge >= 0.3 is 0 Å². The van der Waals surface area contributed by atoms with Crippen molar-refractivity contribution < 1.29 is 23.8 Å². The Kier molecular flexibility index (Phi) is 7.63. The van der Waals surface area contributed by atoms with Gasteiger partial charge in [0.05, 0.1) is 21.3 Å². The number of unbranched alkanes of at least 4 members (excludes halogenated alkanes) is 1. The summed E-state index contributed by atoms with van der Waals surface area (Å²) in [4.78, 5) is 24.7. The quantitative estimate of drug-likeness (QED) is 0.212. The molecule has 0 saturated heterocycles. The van der Waals surface area contributed by atoms with Crippen LogP contribution < -0.4 is 14.2 Å². The molecule has 5 rings (SSSR count). The van der Waals surface area contributed by atoms with Gasteiger partial charge in [-0.05, 0) is 24.1 Å². The van der Waals surface area contributed by atoms with Crippen LogP contribution in [0.15, 0.2) is 71.9 Å². The van der Waals surface area contributed by atoms with Gasteiger partial charge in [0, 0.05) is 23.2 Å². The van der Waals surface area contributed by atoms with Crippen molar-refractivity contribution in [3.63, 3.8) is 0 Å². The molecule has 39 heavy (non-hydrogen) atoms. The van der Waals surface area contributed by atoms with Crippen molar-refractivity contribution in [3.8, 4) is 28.6 Å². The molecule has 8 nitrogen and oxygen atoms in total. The van der Waals surface area contributed by atoms with Crippen LogP contribution in [0.1, 0.15) is 52.6 Å². The molecule has 200 valence electrons. The van der Waals surface area contributed by atoms with Crippen molar-refractivity contribution in [2.45, 2.75) is 32.9 Å². The summed E-state index contributed by atoms with van der Waals surface area (Å²) in [6.07, 6.45) is 1.82. The summed E-state index contributed by atoms with van der Waals surface area (Å²) in [5.74, 6) is 2.02. The third-order valence-corrected chi connectivity index (χ3v) is 6.72. The molecule has 0 radical (unpaired) electrons. The maximum Gasteiger partial charge on any atom is 0.212 e. The molecule has 8 heteroatoms. The Morgan fingerprint density at radius 3 is 2.18 bits per heavy atom. The minimum Gasteiger partial charge on any atom is -0.493 e. The van der Waals surface area contributed by atoms with Gasteiger partial charge in [-0.1, -0.05) is 73.1 Å². The average Bonchev–Trinajstić information content (AvgIpc) is 3.37. The van der Waals surface area contributed by atoms with Gasteiger partial charge in [-0.25, -0.2) is 4.98 Å². The average molecular weight is 526 g/mol. The molecular weight excluding hydrogens is 494 g/mol. The number of hydrogen-bond donors (Lipinski definition) is 0. The number of oxime groups is 1. The van der Waals surface area contributed by atoms with E-state index in [1.165, 1.54) is 0 Å². The van der Waals surface area contributed by atoms with Crippen LogP contribution in [0, 0.1) is 0 Å². The number of fused-ring (bicyclic) bond motifs is 2. The first-order valence-corrected chi connectivity index (χ1v) is 12.9. The normalized spacial score (nSPS) is 13.1. The lowest BCUT2D eigenvalue weighted by atomic mass is 9.89. The zero-order valence-electron chi connectivity index (χ0n) is 22.6. The molecule has 1 aliphatic rings. The third kappa shape index (κ3) is 4.85. The van der Waals surface area contributed by atoms with Gasteiger partial charge in [0.1, 0.15) is 29.5 Å². The van der Waals surface area contributed by atoms with Crippen LogP contribution in [0.2, 0.25) is 0 Å². The summed E-state index contributed by atoms with van der Waals surface area (Å²) in [5, 5.41) is 4.54. The summed E-state index contributed by atoms with van der Waals surface area (Å²) in [6.45, 7) is 3.02. The fourth-order valence-electron chi connectivity index (χ4n) is 4.79. The van der Waals surface area contributed by atoms with E-state index in [2.05, 4.69) is 12.1 Å². The van der Waals surface area contributed by atoms with Gasteiger partial charge in [-0.3, -0.25) is 4.79 Å². The number of benzene rings is 3. The van der Waals surface area contributed by atoms with Crippen LogP contribution >= 0.6 is 0 Å². The first-order chi connectivity index (χ1) is 19.1. The lowest BCUT2D eigenvalue weighted by molar-refractivity contribution is 0.102. The predicted molar refractivity (Wildman–Crippen MR) is 149 cm³/mol. The highest BCUT2D eigenvalue weighted by molar-refractivity contribution is 6.29. The van der Waals surface area contributed by atoms with Crippen LogP contribution in [-0.4, -0.2) is 42.4 Å². The lowest BCUT2D eigenvalue weighted by Gasteiger charge is -2.19. The minimum atomic E-state index is -0.0927. The molecule has 0 fully saturated rings. The SMILES string of the molecule is CCCCn1c(-c2cc(OC)c(OC)c(OC)c2)nc2c1C(=O)c1ccccc1C2=NOCc1ccccc1. The monoisotopic (exact) mass is 525 g/mol. The number of ketones is 1. The molecule has 4 aromatic rings. The van der Waals surface area contributed by atoms with Gasteiger partial charge in [-0.2, -0.15) is 0 Å². The summed E-state index contributed by atoms with van der Waals surface area (Å²) >= 11 is 0. The number of methoxy groups -OCH3 is 3. The number of ether oxygens (including phenoxy) is 3. The maximum atomic E-state index is 13.9. The van der Waals surface area contributed by atoms with E-state index in [4.69, 9.17) is 24.0 Å². The van der Waals surface area contributed by atoms with Gasteiger partial charge < -0.3 is 23.6 Å². The Balaban J connectivity index is 1.69. The van der Waals surface area contributed by atoms with Gasteiger partial charge in [0.15, 0.2) is 11.5 Å². The summed E-state index contributed by atoms with van der Waals surface area (Å²) in [6, 6.07) is 21.0. The first-order valence-electron chi connectivity index (χ1n) is 12.9. The van der Waals surface area contributed by atoms with Crippen molar-refractivity contribution in [1.29, 1.82) is 0 Å². The van der Waals surface area contributed by atoms with Crippen molar-refractivity contribution in [1.82, 2.24) is 9.55 Å². The summed E-state index contributed by atoms with van der Waals surface area (Å²) < 4.78 is 18.7. The van der Waals surface area contributed by atoms with E-state index < -0.39 is 0 Å². The maximum absolute atomic E-state index is 13.9. The Hall–Kier alpha value is -4.59. The van der Waals surface area contributed by atoms with Crippen LogP contribution in [-0.2, 0) is 18.0 Å². The van der Waals surface area contributed by atoms with Crippen molar-refractivity contribution >= 4 is 11.5 Å². The fraction of sp³-hybridized carbons (Fsp3) is 0.258. The number of hydrogen-bond acceptors (Lipinski definition) is 7. The molecule has 1 aliphatic carbocycles.